The zero-order valence-electron chi connectivity index (χ0n) is 11.9. The van der Waals surface area contributed by atoms with Gasteiger partial charge in [-0.25, -0.2) is 0 Å². The van der Waals surface area contributed by atoms with E-state index in [4.69, 9.17) is 0 Å². The maximum atomic E-state index is 10.2. The first-order valence-electron chi connectivity index (χ1n) is 7.21. The number of hydrogen-bond acceptors (Lipinski definition) is 3. The summed E-state index contributed by atoms with van der Waals surface area (Å²) in [4.78, 5) is 2.34. The lowest BCUT2D eigenvalue weighted by molar-refractivity contribution is 0.0288. The monoisotopic (exact) mass is 263 g/mol. The molecule has 1 fully saturated rings. The summed E-state index contributed by atoms with van der Waals surface area (Å²) in [5.41, 5.74) is 2.21. The van der Waals surface area contributed by atoms with E-state index in [-0.39, 0.29) is 12.2 Å². The Labute approximate surface area is 115 Å². The molecule has 1 aromatic rings. The first-order valence-corrected chi connectivity index (χ1v) is 7.21. The Morgan fingerprint density at radius 3 is 2.63 bits per heavy atom. The van der Waals surface area contributed by atoms with Gasteiger partial charge in [0.1, 0.15) is 0 Å². The van der Waals surface area contributed by atoms with E-state index < -0.39 is 0 Å². The Morgan fingerprint density at radius 1 is 1.32 bits per heavy atom. The molecule has 0 radical (unpaired) electrons. The number of aliphatic hydroxyl groups is 2. The molecule has 0 saturated carbocycles. The van der Waals surface area contributed by atoms with E-state index >= 15 is 0 Å². The normalized spacial score (nSPS) is 26.3. The van der Waals surface area contributed by atoms with Gasteiger partial charge in [-0.3, -0.25) is 0 Å². The number of piperidine rings is 1. The van der Waals surface area contributed by atoms with Gasteiger partial charge in [0.2, 0.25) is 0 Å². The highest BCUT2D eigenvalue weighted by Crippen LogP contribution is 2.21. The molecule has 1 heterocycles. The van der Waals surface area contributed by atoms with E-state index in [2.05, 4.69) is 18.7 Å². The van der Waals surface area contributed by atoms with Crippen LogP contribution in [-0.4, -0.2) is 40.9 Å². The molecule has 0 spiro atoms. The fourth-order valence-electron chi connectivity index (χ4n) is 2.68. The first kappa shape index (κ1) is 14.5. The molecule has 3 nitrogen and oxygen atoms in total. The van der Waals surface area contributed by atoms with Crippen molar-refractivity contribution in [1.29, 1.82) is 0 Å². The van der Waals surface area contributed by atoms with Crippen LogP contribution in [0, 0.1) is 12.8 Å². The highest BCUT2D eigenvalue weighted by Gasteiger charge is 2.24. The van der Waals surface area contributed by atoms with Crippen molar-refractivity contribution in [3.63, 3.8) is 0 Å². The van der Waals surface area contributed by atoms with E-state index in [1.54, 1.807) is 0 Å². The molecule has 0 amide bonds. The lowest BCUT2D eigenvalue weighted by Gasteiger charge is -2.34. The minimum atomic E-state index is -0.386. The van der Waals surface area contributed by atoms with E-state index in [1.165, 1.54) is 5.56 Å². The Bertz CT molecular complexity index is 390. The molecular weight excluding hydrogens is 238 g/mol. The standard InChI is InChI=1S/C16H25NO2/c1-12-3-5-14(6-4-12)16(19)8-10-17-9-7-15(18)13(2)11-17/h3-6,13,15-16,18-19H,7-11H2,1-2H3. The zero-order chi connectivity index (χ0) is 13.8. The number of nitrogens with zero attached hydrogens (tertiary/aromatic N) is 1. The maximum absolute atomic E-state index is 10.2. The smallest absolute Gasteiger partial charge is 0.0802 e. The molecule has 0 aromatic heterocycles. The van der Waals surface area contributed by atoms with Crippen molar-refractivity contribution in [3.8, 4) is 0 Å². The first-order chi connectivity index (χ1) is 9.06. The molecule has 3 heteroatoms. The van der Waals surface area contributed by atoms with Crippen LogP contribution < -0.4 is 0 Å². The summed E-state index contributed by atoms with van der Waals surface area (Å²) in [6.07, 6.45) is 1.06. The Morgan fingerprint density at radius 2 is 2.00 bits per heavy atom. The van der Waals surface area contributed by atoms with Gasteiger partial charge >= 0.3 is 0 Å². The van der Waals surface area contributed by atoms with E-state index in [0.717, 1.165) is 38.0 Å². The highest BCUT2D eigenvalue weighted by molar-refractivity contribution is 5.23. The van der Waals surface area contributed by atoms with Crippen LogP contribution in [0.3, 0.4) is 0 Å². The number of hydrogen-bond donors (Lipinski definition) is 2. The lowest BCUT2D eigenvalue weighted by Crippen LogP contribution is -2.42. The summed E-state index contributed by atoms with van der Waals surface area (Å²) in [5.74, 6) is 0.338. The van der Waals surface area contributed by atoms with Gasteiger partial charge in [0, 0.05) is 19.6 Å². The second-order valence-corrected chi connectivity index (χ2v) is 5.85. The maximum Gasteiger partial charge on any atom is 0.0802 e. The fourth-order valence-corrected chi connectivity index (χ4v) is 2.68. The van der Waals surface area contributed by atoms with Gasteiger partial charge < -0.3 is 15.1 Å². The zero-order valence-corrected chi connectivity index (χ0v) is 11.9. The second kappa shape index (κ2) is 6.51. The minimum absolute atomic E-state index is 0.154. The summed E-state index contributed by atoms with van der Waals surface area (Å²) in [5, 5.41) is 19.9. The average molecular weight is 263 g/mol. The van der Waals surface area contributed by atoms with Crippen molar-refractivity contribution in [2.24, 2.45) is 5.92 Å². The molecule has 19 heavy (non-hydrogen) atoms. The van der Waals surface area contributed by atoms with Gasteiger partial charge in [0.05, 0.1) is 12.2 Å². The molecule has 1 aliphatic heterocycles. The molecule has 3 unspecified atom stereocenters. The van der Waals surface area contributed by atoms with Crippen molar-refractivity contribution >= 4 is 0 Å². The van der Waals surface area contributed by atoms with Crippen molar-refractivity contribution in [2.45, 2.75) is 38.9 Å². The predicted molar refractivity (Wildman–Crippen MR) is 77.0 cm³/mol. The molecule has 0 aliphatic carbocycles. The van der Waals surface area contributed by atoms with Gasteiger partial charge in [-0.2, -0.15) is 0 Å². The average Bonchev–Trinajstić information content (AvgIpc) is 2.40. The van der Waals surface area contributed by atoms with Crippen LogP contribution in [0.2, 0.25) is 0 Å². The summed E-state index contributed by atoms with van der Waals surface area (Å²) in [6, 6.07) is 8.08. The molecule has 2 N–H and O–H groups in total. The topological polar surface area (TPSA) is 43.7 Å². The number of aliphatic hydroxyl groups excluding tert-OH is 2. The Hall–Kier alpha value is -0.900. The molecule has 1 aliphatic rings. The van der Waals surface area contributed by atoms with Crippen molar-refractivity contribution in [1.82, 2.24) is 4.90 Å². The SMILES string of the molecule is Cc1ccc(C(O)CCN2CCC(O)C(C)C2)cc1. The Balaban J connectivity index is 1.80. The number of aryl methyl sites for hydroxylation is 1. The second-order valence-electron chi connectivity index (χ2n) is 5.85. The van der Waals surface area contributed by atoms with Crippen LogP contribution in [0.1, 0.15) is 37.0 Å². The Kier molecular flexibility index (Phi) is 4.97. The molecule has 1 aromatic carbocycles. The van der Waals surface area contributed by atoms with Crippen molar-refractivity contribution < 1.29 is 10.2 Å². The van der Waals surface area contributed by atoms with E-state index in [9.17, 15) is 10.2 Å². The van der Waals surface area contributed by atoms with Crippen LogP contribution in [-0.2, 0) is 0 Å². The summed E-state index contributed by atoms with van der Waals surface area (Å²) in [7, 11) is 0. The third-order valence-electron chi connectivity index (χ3n) is 4.13. The minimum Gasteiger partial charge on any atom is -0.393 e. The van der Waals surface area contributed by atoms with Crippen LogP contribution >= 0.6 is 0 Å². The van der Waals surface area contributed by atoms with Gasteiger partial charge in [0.15, 0.2) is 0 Å². The van der Waals surface area contributed by atoms with Gasteiger partial charge in [0.25, 0.3) is 0 Å². The molecule has 3 atom stereocenters. The molecule has 1 saturated heterocycles. The largest absolute Gasteiger partial charge is 0.393 e. The van der Waals surface area contributed by atoms with E-state index in [1.807, 2.05) is 24.3 Å². The number of rotatable bonds is 4. The van der Waals surface area contributed by atoms with Crippen molar-refractivity contribution in [3.05, 3.63) is 35.4 Å². The van der Waals surface area contributed by atoms with Crippen molar-refractivity contribution in [2.75, 3.05) is 19.6 Å². The van der Waals surface area contributed by atoms with Crippen LogP contribution in [0.25, 0.3) is 0 Å². The van der Waals surface area contributed by atoms with Gasteiger partial charge in [-0.05, 0) is 31.2 Å². The molecule has 2 rings (SSSR count). The predicted octanol–water partition coefficient (Wildman–Crippen LogP) is 2.12. The molecule has 0 bridgehead atoms. The highest BCUT2D eigenvalue weighted by atomic mass is 16.3. The number of likely N-dealkylation sites (tertiary alicyclic amines) is 1. The van der Waals surface area contributed by atoms with Gasteiger partial charge in [-0.1, -0.05) is 36.8 Å². The summed E-state index contributed by atoms with van der Waals surface area (Å²) >= 11 is 0. The third kappa shape index (κ3) is 4.03. The number of benzene rings is 1. The fraction of sp³-hybridized carbons (Fsp3) is 0.625. The molecule has 106 valence electrons. The van der Waals surface area contributed by atoms with Crippen LogP contribution in [0.15, 0.2) is 24.3 Å². The third-order valence-corrected chi connectivity index (χ3v) is 4.13. The van der Waals surface area contributed by atoms with Gasteiger partial charge in [-0.15, -0.1) is 0 Å². The summed E-state index contributed by atoms with van der Waals surface area (Å²) < 4.78 is 0. The summed E-state index contributed by atoms with van der Waals surface area (Å²) in [6.45, 7) is 6.91. The van der Waals surface area contributed by atoms with Crippen LogP contribution in [0.5, 0.6) is 0 Å². The van der Waals surface area contributed by atoms with Crippen LogP contribution in [0.4, 0.5) is 0 Å². The lowest BCUT2D eigenvalue weighted by atomic mass is 9.96. The molecular formula is C16H25NO2. The van der Waals surface area contributed by atoms with E-state index in [0.29, 0.717) is 5.92 Å². The quantitative estimate of drug-likeness (QED) is 0.874.